The zero-order valence-electron chi connectivity index (χ0n) is 14.1. The van der Waals surface area contributed by atoms with Crippen molar-refractivity contribution in [3.8, 4) is 11.3 Å². The van der Waals surface area contributed by atoms with Crippen LogP contribution >= 0.6 is 0 Å². The zero-order valence-corrected chi connectivity index (χ0v) is 14.1. The summed E-state index contributed by atoms with van der Waals surface area (Å²) in [6.07, 6.45) is -0.144. The van der Waals surface area contributed by atoms with E-state index in [0.717, 1.165) is 31.7 Å². The minimum absolute atomic E-state index is 0.0743. The van der Waals surface area contributed by atoms with E-state index >= 15 is 0 Å². The molecule has 5 nitrogen and oxygen atoms in total. The highest BCUT2D eigenvalue weighted by Gasteiger charge is 2.38. The molecule has 0 aliphatic carbocycles. The number of anilines is 2. The molecule has 1 N–H and O–H groups in total. The van der Waals surface area contributed by atoms with E-state index in [0.29, 0.717) is 11.3 Å². The van der Waals surface area contributed by atoms with Crippen molar-refractivity contribution in [2.45, 2.75) is 31.9 Å². The summed E-state index contributed by atoms with van der Waals surface area (Å²) in [5, 5.41) is 10.3. The Labute approximate surface area is 149 Å². The van der Waals surface area contributed by atoms with Crippen LogP contribution in [0.15, 0.2) is 36.4 Å². The summed E-state index contributed by atoms with van der Waals surface area (Å²) in [5.41, 5.74) is 1.41. The average Bonchev–Trinajstić information content (AvgIpc) is 2.91. The van der Waals surface area contributed by atoms with E-state index < -0.39 is 12.1 Å². The molecule has 0 bridgehead atoms. The molecule has 0 atom stereocenters. The fourth-order valence-electron chi connectivity index (χ4n) is 2.87. The smallest absolute Gasteiger partial charge is 0.355 e. The van der Waals surface area contributed by atoms with Crippen molar-refractivity contribution in [1.29, 1.82) is 0 Å². The fourth-order valence-corrected chi connectivity index (χ4v) is 2.87. The Hall–Kier alpha value is -2.64. The second-order valence-electron chi connectivity index (χ2n) is 6.21. The standard InChI is InChI=1S/C18H19F3N4O/c19-18(20,21)17(26)22-14-7-5-13(6-8-14)15-9-10-16(24-23-15)25-11-3-1-2-4-12-25/h5-10H,1-4,11-12H2,(H,22,26). The molecule has 0 radical (unpaired) electrons. The van der Waals surface area contributed by atoms with Gasteiger partial charge in [-0.1, -0.05) is 25.0 Å². The van der Waals surface area contributed by atoms with Gasteiger partial charge in [-0.25, -0.2) is 0 Å². The molecular weight excluding hydrogens is 345 g/mol. The van der Waals surface area contributed by atoms with Crippen molar-refractivity contribution in [2.75, 3.05) is 23.3 Å². The quantitative estimate of drug-likeness (QED) is 0.894. The molecule has 1 aliphatic heterocycles. The molecule has 3 rings (SSSR count). The van der Waals surface area contributed by atoms with Gasteiger partial charge >= 0.3 is 12.1 Å². The van der Waals surface area contributed by atoms with Crippen LogP contribution in [0.5, 0.6) is 0 Å². The van der Waals surface area contributed by atoms with Gasteiger partial charge in [-0.15, -0.1) is 10.2 Å². The Balaban J connectivity index is 1.68. The van der Waals surface area contributed by atoms with Gasteiger partial charge in [0.05, 0.1) is 5.69 Å². The monoisotopic (exact) mass is 364 g/mol. The molecule has 26 heavy (non-hydrogen) atoms. The summed E-state index contributed by atoms with van der Waals surface area (Å²) < 4.78 is 36.8. The minimum Gasteiger partial charge on any atom is -0.355 e. The molecule has 1 aliphatic rings. The van der Waals surface area contributed by atoms with E-state index in [1.807, 2.05) is 17.4 Å². The van der Waals surface area contributed by atoms with Gasteiger partial charge in [0, 0.05) is 24.3 Å². The second-order valence-corrected chi connectivity index (χ2v) is 6.21. The number of hydrogen-bond donors (Lipinski definition) is 1. The van der Waals surface area contributed by atoms with Crippen molar-refractivity contribution in [2.24, 2.45) is 0 Å². The first-order valence-electron chi connectivity index (χ1n) is 8.51. The van der Waals surface area contributed by atoms with E-state index in [2.05, 4.69) is 15.1 Å². The molecule has 0 unspecified atom stereocenters. The van der Waals surface area contributed by atoms with Crippen LogP contribution in [0.2, 0.25) is 0 Å². The molecule has 1 saturated heterocycles. The van der Waals surface area contributed by atoms with Crippen LogP contribution < -0.4 is 10.2 Å². The first-order chi connectivity index (χ1) is 12.4. The Morgan fingerprint density at radius 1 is 0.923 bits per heavy atom. The summed E-state index contributed by atoms with van der Waals surface area (Å²) >= 11 is 0. The van der Waals surface area contributed by atoms with Gasteiger partial charge in [-0.05, 0) is 37.1 Å². The maximum absolute atomic E-state index is 12.3. The van der Waals surface area contributed by atoms with Gasteiger partial charge in [0.1, 0.15) is 0 Å². The number of nitrogens with one attached hydrogen (secondary N) is 1. The number of benzene rings is 1. The lowest BCUT2D eigenvalue weighted by molar-refractivity contribution is -0.167. The van der Waals surface area contributed by atoms with Crippen molar-refractivity contribution in [3.05, 3.63) is 36.4 Å². The Kier molecular flexibility index (Phi) is 5.39. The van der Waals surface area contributed by atoms with E-state index in [-0.39, 0.29) is 5.69 Å². The van der Waals surface area contributed by atoms with Crippen LogP contribution in [-0.4, -0.2) is 35.4 Å². The van der Waals surface area contributed by atoms with Crippen LogP contribution in [0.3, 0.4) is 0 Å². The molecule has 0 spiro atoms. The topological polar surface area (TPSA) is 58.1 Å². The number of alkyl halides is 3. The second kappa shape index (κ2) is 7.72. The van der Waals surface area contributed by atoms with Gasteiger partial charge in [-0.3, -0.25) is 4.79 Å². The molecule has 1 fully saturated rings. The number of hydrogen-bond acceptors (Lipinski definition) is 4. The molecular formula is C18H19F3N4O. The summed E-state index contributed by atoms with van der Waals surface area (Å²) in [6.45, 7) is 1.95. The maximum Gasteiger partial charge on any atom is 0.471 e. The van der Waals surface area contributed by atoms with Crippen molar-refractivity contribution in [1.82, 2.24) is 10.2 Å². The summed E-state index contributed by atoms with van der Waals surface area (Å²) in [5.74, 6) is -1.16. The normalized spacial score (nSPS) is 15.4. The first kappa shape index (κ1) is 18.2. The van der Waals surface area contributed by atoms with E-state index in [1.165, 1.54) is 25.0 Å². The van der Waals surface area contributed by atoms with Crippen molar-refractivity contribution in [3.63, 3.8) is 0 Å². The number of amides is 1. The highest BCUT2D eigenvalue weighted by Crippen LogP contribution is 2.23. The maximum atomic E-state index is 12.3. The number of carbonyl (C=O) groups excluding carboxylic acids is 1. The van der Waals surface area contributed by atoms with E-state index in [9.17, 15) is 18.0 Å². The van der Waals surface area contributed by atoms with Crippen LogP contribution in [0.1, 0.15) is 25.7 Å². The van der Waals surface area contributed by atoms with Crippen molar-refractivity contribution >= 4 is 17.4 Å². The third-order valence-electron chi connectivity index (χ3n) is 4.28. The highest BCUT2D eigenvalue weighted by atomic mass is 19.4. The number of nitrogens with zero attached hydrogens (tertiary/aromatic N) is 3. The molecule has 138 valence electrons. The average molecular weight is 364 g/mol. The fraction of sp³-hybridized carbons (Fsp3) is 0.389. The summed E-state index contributed by atoms with van der Waals surface area (Å²) in [7, 11) is 0. The third kappa shape index (κ3) is 4.50. The largest absolute Gasteiger partial charge is 0.471 e. The Morgan fingerprint density at radius 3 is 2.12 bits per heavy atom. The third-order valence-corrected chi connectivity index (χ3v) is 4.28. The van der Waals surface area contributed by atoms with Gasteiger partial charge in [0.15, 0.2) is 5.82 Å². The van der Waals surface area contributed by atoms with Gasteiger partial charge < -0.3 is 10.2 Å². The van der Waals surface area contributed by atoms with Crippen LogP contribution in [0.4, 0.5) is 24.7 Å². The zero-order chi connectivity index (χ0) is 18.6. The number of carbonyl (C=O) groups is 1. The predicted molar refractivity (Wildman–Crippen MR) is 92.8 cm³/mol. The van der Waals surface area contributed by atoms with Crippen molar-refractivity contribution < 1.29 is 18.0 Å². The molecule has 2 heterocycles. The van der Waals surface area contributed by atoms with Gasteiger partial charge in [-0.2, -0.15) is 13.2 Å². The lowest BCUT2D eigenvalue weighted by Crippen LogP contribution is -2.29. The van der Waals surface area contributed by atoms with Gasteiger partial charge in [0.2, 0.25) is 0 Å². The molecule has 2 aromatic rings. The Bertz CT molecular complexity index is 737. The molecule has 8 heteroatoms. The molecule has 1 aromatic carbocycles. The molecule has 1 amide bonds. The Morgan fingerprint density at radius 2 is 1.58 bits per heavy atom. The van der Waals surface area contributed by atoms with Crippen LogP contribution in [0.25, 0.3) is 11.3 Å². The van der Waals surface area contributed by atoms with E-state index in [4.69, 9.17) is 0 Å². The number of rotatable bonds is 3. The SMILES string of the molecule is O=C(Nc1ccc(-c2ccc(N3CCCCCC3)nn2)cc1)C(F)(F)F. The van der Waals surface area contributed by atoms with E-state index in [1.54, 1.807) is 12.1 Å². The highest BCUT2D eigenvalue weighted by molar-refractivity contribution is 5.95. The molecule has 1 aromatic heterocycles. The van der Waals surface area contributed by atoms with Gasteiger partial charge in [0.25, 0.3) is 0 Å². The molecule has 0 saturated carbocycles. The lowest BCUT2D eigenvalue weighted by atomic mass is 10.1. The summed E-state index contributed by atoms with van der Waals surface area (Å²) in [4.78, 5) is 13.2. The lowest BCUT2D eigenvalue weighted by Gasteiger charge is -2.20. The first-order valence-corrected chi connectivity index (χ1v) is 8.51. The predicted octanol–water partition coefficient (Wildman–Crippen LogP) is 4.02. The number of halogens is 3. The van der Waals surface area contributed by atoms with Crippen LogP contribution in [-0.2, 0) is 4.79 Å². The van der Waals surface area contributed by atoms with Crippen LogP contribution in [0, 0.1) is 0 Å². The number of aromatic nitrogens is 2. The minimum atomic E-state index is -4.91. The summed E-state index contributed by atoms with van der Waals surface area (Å²) in [6, 6.07) is 9.76.